The molecule has 0 spiro atoms. The van der Waals surface area contributed by atoms with Crippen LogP contribution in [-0.2, 0) is 9.59 Å². The first-order chi connectivity index (χ1) is 18.5. The largest absolute Gasteiger partial charge is 0.494 e. The number of nitrogens with one attached hydrogen (secondary N) is 2. The summed E-state index contributed by atoms with van der Waals surface area (Å²) in [5.41, 5.74) is 3.37. The molecule has 2 aromatic rings. The lowest BCUT2D eigenvalue weighted by Crippen LogP contribution is -2.34. The summed E-state index contributed by atoms with van der Waals surface area (Å²) in [6, 6.07) is 11.5. The summed E-state index contributed by atoms with van der Waals surface area (Å²) in [4.78, 5) is 36.4. The first kappa shape index (κ1) is 30.3. The molecule has 2 rings (SSSR count). The fourth-order valence-electron chi connectivity index (χ4n) is 3.59. The van der Waals surface area contributed by atoms with E-state index in [9.17, 15) is 14.4 Å². The minimum atomic E-state index is -0.533. The van der Waals surface area contributed by atoms with Gasteiger partial charge in [-0.1, -0.05) is 45.4 Å². The van der Waals surface area contributed by atoms with Crippen molar-refractivity contribution >= 4 is 24.0 Å². The molecule has 2 N–H and O–H groups in total. The number of ether oxygens (including phenoxy) is 3. The number of hydrogen-bond acceptors (Lipinski definition) is 7. The van der Waals surface area contributed by atoms with E-state index in [1.807, 2.05) is 6.92 Å². The van der Waals surface area contributed by atoms with E-state index < -0.39 is 11.9 Å². The van der Waals surface area contributed by atoms with Gasteiger partial charge < -0.3 is 19.5 Å². The maximum Gasteiger partial charge on any atom is 0.343 e. The SMILES string of the molecule is CCCCCCCCCC(=O)NCC(=O)N/N=C/c1ccc(OC(=O)c2ccc(OCC)cc2)c(OC)c1. The first-order valence-corrected chi connectivity index (χ1v) is 13.2. The minimum absolute atomic E-state index is 0.141. The number of carbonyl (C=O) groups is 3. The molecule has 0 bridgehead atoms. The second kappa shape index (κ2) is 17.6. The highest BCUT2D eigenvalue weighted by molar-refractivity contribution is 5.92. The summed E-state index contributed by atoms with van der Waals surface area (Å²) in [6.07, 6.45) is 9.77. The number of amides is 2. The molecule has 206 valence electrons. The highest BCUT2D eigenvalue weighted by Crippen LogP contribution is 2.28. The van der Waals surface area contributed by atoms with Crippen molar-refractivity contribution in [3.63, 3.8) is 0 Å². The summed E-state index contributed by atoms with van der Waals surface area (Å²) in [5.74, 6) is 0.144. The highest BCUT2D eigenvalue weighted by atomic mass is 16.6. The van der Waals surface area contributed by atoms with Crippen molar-refractivity contribution in [2.75, 3.05) is 20.3 Å². The Morgan fingerprint density at radius 2 is 1.58 bits per heavy atom. The predicted octanol–water partition coefficient (Wildman–Crippen LogP) is 5.02. The number of hydrogen-bond donors (Lipinski definition) is 2. The number of carbonyl (C=O) groups excluding carboxylic acids is 3. The van der Waals surface area contributed by atoms with Gasteiger partial charge in [0.25, 0.3) is 5.91 Å². The Labute approximate surface area is 224 Å². The standard InChI is InChI=1S/C29H39N3O6/c1-4-6-7-8-9-10-11-12-27(33)30-21-28(34)32-31-20-22-13-18-25(26(19-22)36-3)38-29(35)23-14-16-24(17-15-23)37-5-2/h13-20H,4-12,21H2,1-3H3,(H,30,33)(H,32,34)/b31-20+. The Hall–Kier alpha value is -3.88. The molecule has 0 atom stereocenters. The van der Waals surface area contributed by atoms with Crippen LogP contribution in [-0.4, -0.2) is 44.3 Å². The van der Waals surface area contributed by atoms with Gasteiger partial charge in [0, 0.05) is 6.42 Å². The second-order valence-corrected chi connectivity index (χ2v) is 8.70. The van der Waals surface area contributed by atoms with E-state index in [0.717, 1.165) is 19.3 Å². The maximum absolute atomic E-state index is 12.5. The molecule has 0 heterocycles. The molecule has 0 saturated heterocycles. The number of esters is 1. The van der Waals surface area contributed by atoms with Gasteiger partial charge in [-0.15, -0.1) is 0 Å². The molecular weight excluding hydrogens is 486 g/mol. The van der Waals surface area contributed by atoms with Crippen molar-refractivity contribution < 1.29 is 28.6 Å². The van der Waals surface area contributed by atoms with Crippen LogP contribution in [0.15, 0.2) is 47.6 Å². The third-order valence-electron chi connectivity index (χ3n) is 5.65. The summed E-state index contributed by atoms with van der Waals surface area (Å²) >= 11 is 0. The fraction of sp³-hybridized carbons (Fsp3) is 0.448. The van der Waals surface area contributed by atoms with Crippen molar-refractivity contribution in [1.29, 1.82) is 0 Å². The lowest BCUT2D eigenvalue weighted by Gasteiger charge is -2.10. The van der Waals surface area contributed by atoms with E-state index in [-0.39, 0.29) is 18.2 Å². The van der Waals surface area contributed by atoms with E-state index in [2.05, 4.69) is 22.8 Å². The lowest BCUT2D eigenvalue weighted by atomic mass is 10.1. The van der Waals surface area contributed by atoms with Crippen LogP contribution in [0.4, 0.5) is 0 Å². The molecule has 0 aliphatic rings. The summed E-state index contributed by atoms with van der Waals surface area (Å²) < 4.78 is 16.2. The van der Waals surface area contributed by atoms with Crippen LogP contribution in [0.3, 0.4) is 0 Å². The van der Waals surface area contributed by atoms with Gasteiger partial charge in [0.2, 0.25) is 5.91 Å². The molecule has 9 nitrogen and oxygen atoms in total. The monoisotopic (exact) mass is 525 g/mol. The van der Waals surface area contributed by atoms with Gasteiger partial charge in [0.1, 0.15) is 5.75 Å². The number of methoxy groups -OCH3 is 1. The van der Waals surface area contributed by atoms with E-state index in [0.29, 0.717) is 35.7 Å². The van der Waals surface area contributed by atoms with Crippen LogP contribution in [0.1, 0.15) is 81.1 Å². The summed E-state index contributed by atoms with van der Waals surface area (Å²) in [5, 5.41) is 6.52. The van der Waals surface area contributed by atoms with Crippen molar-refractivity contribution in [3.8, 4) is 17.2 Å². The van der Waals surface area contributed by atoms with E-state index in [1.54, 1.807) is 42.5 Å². The molecule has 0 aliphatic heterocycles. The number of hydrazone groups is 1. The molecule has 0 saturated carbocycles. The lowest BCUT2D eigenvalue weighted by molar-refractivity contribution is -0.126. The van der Waals surface area contributed by atoms with Crippen LogP contribution in [0.5, 0.6) is 17.2 Å². The molecule has 0 aliphatic carbocycles. The highest BCUT2D eigenvalue weighted by Gasteiger charge is 2.13. The van der Waals surface area contributed by atoms with E-state index in [4.69, 9.17) is 14.2 Å². The Morgan fingerprint density at radius 1 is 0.868 bits per heavy atom. The van der Waals surface area contributed by atoms with Crippen molar-refractivity contribution in [3.05, 3.63) is 53.6 Å². The molecule has 0 fully saturated rings. The Balaban J connectivity index is 1.76. The molecule has 0 radical (unpaired) electrons. The Bertz CT molecular complexity index is 1050. The number of nitrogens with zero attached hydrogens (tertiary/aromatic N) is 1. The van der Waals surface area contributed by atoms with E-state index in [1.165, 1.54) is 39.0 Å². The van der Waals surface area contributed by atoms with Gasteiger partial charge in [-0.2, -0.15) is 5.10 Å². The van der Waals surface area contributed by atoms with E-state index >= 15 is 0 Å². The zero-order valence-corrected chi connectivity index (χ0v) is 22.6. The molecule has 9 heteroatoms. The van der Waals surface area contributed by atoms with Crippen LogP contribution in [0.2, 0.25) is 0 Å². The average molecular weight is 526 g/mol. The number of rotatable bonds is 17. The summed E-state index contributed by atoms with van der Waals surface area (Å²) in [7, 11) is 1.46. The predicted molar refractivity (Wildman–Crippen MR) is 147 cm³/mol. The molecular formula is C29H39N3O6. The Kier molecular flexibility index (Phi) is 14.0. The smallest absolute Gasteiger partial charge is 0.343 e. The zero-order valence-electron chi connectivity index (χ0n) is 22.6. The van der Waals surface area contributed by atoms with Gasteiger partial charge in [0.05, 0.1) is 32.0 Å². The molecule has 2 amide bonds. The van der Waals surface area contributed by atoms with Crippen molar-refractivity contribution in [2.45, 2.75) is 65.2 Å². The average Bonchev–Trinajstić information content (AvgIpc) is 2.92. The van der Waals surface area contributed by atoms with Crippen LogP contribution >= 0.6 is 0 Å². The third kappa shape index (κ3) is 11.5. The van der Waals surface area contributed by atoms with Gasteiger partial charge in [0.15, 0.2) is 11.5 Å². The van der Waals surface area contributed by atoms with Crippen LogP contribution in [0.25, 0.3) is 0 Å². The summed E-state index contributed by atoms with van der Waals surface area (Å²) in [6.45, 7) is 4.47. The van der Waals surface area contributed by atoms with Crippen molar-refractivity contribution in [2.24, 2.45) is 5.10 Å². The van der Waals surface area contributed by atoms with Crippen LogP contribution in [0, 0.1) is 0 Å². The Morgan fingerprint density at radius 3 is 2.26 bits per heavy atom. The third-order valence-corrected chi connectivity index (χ3v) is 5.65. The zero-order chi connectivity index (χ0) is 27.6. The topological polar surface area (TPSA) is 115 Å². The van der Waals surface area contributed by atoms with Gasteiger partial charge >= 0.3 is 5.97 Å². The minimum Gasteiger partial charge on any atom is -0.494 e. The molecule has 0 unspecified atom stereocenters. The number of unbranched alkanes of at least 4 members (excludes halogenated alkanes) is 6. The van der Waals surface area contributed by atoms with Gasteiger partial charge in [-0.05, 0) is 61.4 Å². The van der Waals surface area contributed by atoms with Crippen molar-refractivity contribution in [1.82, 2.24) is 10.7 Å². The molecule has 2 aromatic carbocycles. The fourth-order valence-corrected chi connectivity index (χ4v) is 3.59. The number of benzene rings is 2. The molecule has 0 aromatic heterocycles. The first-order valence-electron chi connectivity index (χ1n) is 13.2. The second-order valence-electron chi connectivity index (χ2n) is 8.70. The van der Waals surface area contributed by atoms with Gasteiger partial charge in [-0.25, -0.2) is 10.2 Å². The quantitative estimate of drug-likeness (QED) is 0.0985. The maximum atomic E-state index is 12.5. The van der Waals surface area contributed by atoms with Gasteiger partial charge in [-0.3, -0.25) is 9.59 Å². The molecule has 38 heavy (non-hydrogen) atoms. The normalized spacial score (nSPS) is 10.7. The van der Waals surface area contributed by atoms with Crippen LogP contribution < -0.4 is 25.0 Å².